The lowest BCUT2D eigenvalue weighted by Gasteiger charge is -2.45. The number of rotatable bonds is 2. The number of aromatic nitrogens is 3. The van der Waals surface area contributed by atoms with Gasteiger partial charge in [-0.2, -0.15) is 0 Å². The van der Waals surface area contributed by atoms with Crippen molar-refractivity contribution in [3.63, 3.8) is 0 Å². The number of amides is 1. The van der Waals surface area contributed by atoms with E-state index >= 15 is 0 Å². The highest BCUT2D eigenvalue weighted by molar-refractivity contribution is 6.27. The van der Waals surface area contributed by atoms with Crippen LogP contribution >= 0.6 is 0 Å². The topological polar surface area (TPSA) is 73.9 Å². The summed E-state index contributed by atoms with van der Waals surface area (Å²) in [7, 11) is 2.23. The highest BCUT2D eigenvalue weighted by atomic mass is 16.1. The number of anilines is 1. The first-order valence-corrected chi connectivity index (χ1v) is 10.7. The molecule has 2 unspecified atom stereocenters. The van der Waals surface area contributed by atoms with E-state index in [9.17, 15) is 4.79 Å². The quantitative estimate of drug-likeness (QED) is 0.686. The summed E-state index contributed by atoms with van der Waals surface area (Å²) < 4.78 is 0. The fourth-order valence-corrected chi connectivity index (χ4v) is 5.98. The van der Waals surface area contributed by atoms with Crippen LogP contribution < -0.4 is 5.32 Å². The van der Waals surface area contributed by atoms with Gasteiger partial charge in [0, 0.05) is 40.5 Å². The monoisotopic (exact) mass is 399 g/mol. The molecular formula is C24H25N5O. The highest BCUT2D eigenvalue weighted by Crippen LogP contribution is 2.54. The Morgan fingerprint density at radius 2 is 2.13 bits per heavy atom. The minimum Gasteiger partial charge on any atom is -0.354 e. The van der Waals surface area contributed by atoms with Crippen molar-refractivity contribution < 1.29 is 4.79 Å². The van der Waals surface area contributed by atoms with Gasteiger partial charge >= 0.3 is 0 Å². The number of H-pyrrole nitrogens is 1. The van der Waals surface area contributed by atoms with Crippen LogP contribution in [0.25, 0.3) is 16.5 Å². The smallest absolute Gasteiger partial charge is 0.258 e. The van der Waals surface area contributed by atoms with E-state index in [-0.39, 0.29) is 11.8 Å². The minimum absolute atomic E-state index is 0.110. The van der Waals surface area contributed by atoms with Gasteiger partial charge in [-0.1, -0.05) is 18.2 Å². The summed E-state index contributed by atoms with van der Waals surface area (Å²) in [5.74, 6) is 1.86. The normalized spacial score (nSPS) is 24.6. The Morgan fingerprint density at radius 3 is 2.97 bits per heavy atom. The Labute approximate surface area is 175 Å². The minimum atomic E-state index is -0.110. The van der Waals surface area contributed by atoms with Gasteiger partial charge in [-0.05, 0) is 57.5 Å². The largest absolute Gasteiger partial charge is 0.354 e. The van der Waals surface area contributed by atoms with E-state index in [0.717, 1.165) is 29.0 Å². The number of aromatic amines is 1. The molecule has 2 N–H and O–H groups in total. The summed E-state index contributed by atoms with van der Waals surface area (Å²) in [6.07, 6.45) is 4.61. The summed E-state index contributed by atoms with van der Waals surface area (Å²) in [4.78, 5) is 28.1. The second-order valence-corrected chi connectivity index (χ2v) is 8.91. The number of piperidine rings is 1. The first-order valence-electron chi connectivity index (χ1n) is 10.7. The van der Waals surface area contributed by atoms with Crippen LogP contribution in [0.4, 0.5) is 5.82 Å². The maximum Gasteiger partial charge on any atom is 0.258 e. The molecule has 0 radical (unpaired) electrons. The molecule has 1 aliphatic heterocycles. The maximum atomic E-state index is 13.3. The van der Waals surface area contributed by atoms with E-state index in [0.29, 0.717) is 23.6 Å². The molecule has 0 saturated carbocycles. The van der Waals surface area contributed by atoms with Crippen molar-refractivity contribution >= 4 is 28.2 Å². The summed E-state index contributed by atoms with van der Waals surface area (Å²) in [5.41, 5.74) is 6.43. The van der Waals surface area contributed by atoms with Crippen molar-refractivity contribution in [3.05, 3.63) is 58.7 Å². The van der Waals surface area contributed by atoms with Gasteiger partial charge in [-0.3, -0.25) is 4.79 Å². The number of likely N-dealkylation sites (tertiary alicyclic amines) is 1. The van der Waals surface area contributed by atoms with Gasteiger partial charge in [0.2, 0.25) is 0 Å². The molecule has 30 heavy (non-hydrogen) atoms. The molecule has 6 rings (SSSR count). The molecule has 3 atom stereocenters. The summed E-state index contributed by atoms with van der Waals surface area (Å²) in [5, 5.41) is 4.34. The Bertz CT molecular complexity index is 1220. The molecule has 3 aliphatic rings. The van der Waals surface area contributed by atoms with Gasteiger partial charge in [0.05, 0.1) is 11.3 Å². The predicted molar refractivity (Wildman–Crippen MR) is 118 cm³/mol. The number of nitrogens with zero attached hydrogens (tertiary/aromatic N) is 3. The van der Waals surface area contributed by atoms with Gasteiger partial charge in [-0.25, -0.2) is 9.97 Å². The number of benzene rings is 1. The molecule has 6 nitrogen and oxygen atoms in total. The van der Waals surface area contributed by atoms with E-state index in [2.05, 4.69) is 56.5 Å². The average Bonchev–Trinajstić information content (AvgIpc) is 3.25. The van der Waals surface area contributed by atoms with Gasteiger partial charge in [-0.15, -0.1) is 0 Å². The van der Waals surface area contributed by atoms with Crippen LogP contribution in [0.3, 0.4) is 0 Å². The number of aryl methyl sites for hydroxylation is 2. The summed E-state index contributed by atoms with van der Waals surface area (Å²) in [6.45, 7) is 4.86. The third-order valence-corrected chi connectivity index (χ3v) is 7.01. The van der Waals surface area contributed by atoms with Crippen molar-refractivity contribution in [3.8, 4) is 0 Å². The van der Waals surface area contributed by atoms with Crippen LogP contribution in [0, 0.1) is 13.8 Å². The van der Waals surface area contributed by atoms with Gasteiger partial charge in [0.15, 0.2) is 0 Å². The highest BCUT2D eigenvalue weighted by Gasteiger charge is 2.46. The molecule has 6 heteroatoms. The first-order chi connectivity index (χ1) is 14.5. The van der Waals surface area contributed by atoms with E-state index in [4.69, 9.17) is 0 Å². The standard InChI is InChI=1S/C24H25N5O/c1-12-10-19(26-13(2)25-12)28-24(30)17-11-16-21-20-14(6-4-8-18(20)27-22(17)21)15-7-5-9-29(3)23(15)16/h4,6,8,10-11,15-16,23,27H,5,7,9H2,1-3H3,(H,25,26,28,30)/t15?,16?,23-/m0/s1. The van der Waals surface area contributed by atoms with E-state index in [1.54, 1.807) is 0 Å². The predicted octanol–water partition coefficient (Wildman–Crippen LogP) is 3.89. The van der Waals surface area contributed by atoms with E-state index < -0.39 is 0 Å². The first kappa shape index (κ1) is 17.8. The van der Waals surface area contributed by atoms with Crippen LogP contribution in [0.5, 0.6) is 0 Å². The number of nitrogens with one attached hydrogen (secondary N) is 2. The van der Waals surface area contributed by atoms with Crippen molar-refractivity contribution in [1.82, 2.24) is 19.9 Å². The van der Waals surface area contributed by atoms with Crippen molar-refractivity contribution in [2.75, 3.05) is 18.9 Å². The number of hydrogen-bond donors (Lipinski definition) is 2. The van der Waals surface area contributed by atoms with Gasteiger partial charge in [0.1, 0.15) is 11.6 Å². The lowest BCUT2D eigenvalue weighted by Crippen LogP contribution is -2.46. The van der Waals surface area contributed by atoms with Crippen molar-refractivity contribution in [2.45, 2.75) is 44.6 Å². The molecule has 1 fully saturated rings. The fraction of sp³-hybridized carbons (Fsp3) is 0.375. The maximum absolute atomic E-state index is 13.3. The lowest BCUT2D eigenvalue weighted by molar-refractivity contribution is -0.111. The summed E-state index contributed by atoms with van der Waals surface area (Å²) in [6, 6.07) is 8.78. The van der Waals surface area contributed by atoms with Crippen LogP contribution in [-0.2, 0) is 4.79 Å². The fourth-order valence-electron chi connectivity index (χ4n) is 5.98. The average molecular weight is 399 g/mol. The molecule has 2 aromatic heterocycles. The third-order valence-electron chi connectivity index (χ3n) is 7.01. The molecule has 3 heterocycles. The Morgan fingerprint density at radius 1 is 1.27 bits per heavy atom. The Kier molecular flexibility index (Phi) is 3.72. The Hall–Kier alpha value is -2.99. The lowest BCUT2D eigenvalue weighted by atomic mass is 9.70. The van der Waals surface area contributed by atoms with Gasteiger partial charge in [0.25, 0.3) is 5.91 Å². The number of carbonyl (C=O) groups is 1. The zero-order valence-electron chi connectivity index (χ0n) is 17.5. The molecule has 1 aromatic carbocycles. The molecule has 152 valence electrons. The molecule has 1 saturated heterocycles. The molecule has 2 aliphatic carbocycles. The van der Waals surface area contributed by atoms with Crippen LogP contribution in [0.2, 0.25) is 0 Å². The SMILES string of the molecule is Cc1cc(NC(=O)C2=CC3c4c2[nH]c2cccc(c42)C2CCCN(C)[C@H]32)nc(C)n1. The van der Waals surface area contributed by atoms with E-state index in [1.807, 2.05) is 19.9 Å². The van der Waals surface area contributed by atoms with Crippen molar-refractivity contribution in [1.29, 1.82) is 0 Å². The number of likely N-dealkylation sites (N-methyl/N-ethyl adjacent to an activating group) is 1. The number of fused-ring (bicyclic) bond motifs is 3. The second-order valence-electron chi connectivity index (χ2n) is 8.91. The van der Waals surface area contributed by atoms with Gasteiger partial charge < -0.3 is 15.2 Å². The van der Waals surface area contributed by atoms with Crippen LogP contribution in [0.1, 0.15) is 53.0 Å². The van der Waals surface area contributed by atoms with Crippen LogP contribution in [0.15, 0.2) is 30.3 Å². The summed E-state index contributed by atoms with van der Waals surface area (Å²) >= 11 is 0. The van der Waals surface area contributed by atoms with E-state index in [1.165, 1.54) is 29.4 Å². The molecule has 3 aromatic rings. The van der Waals surface area contributed by atoms with Crippen molar-refractivity contribution in [2.24, 2.45) is 0 Å². The van der Waals surface area contributed by atoms with Crippen LogP contribution in [-0.4, -0.2) is 45.4 Å². The molecule has 0 spiro atoms. The number of hydrogen-bond acceptors (Lipinski definition) is 4. The zero-order valence-corrected chi connectivity index (χ0v) is 17.5. The Balaban J connectivity index is 1.46. The molecular weight excluding hydrogens is 374 g/mol. The molecule has 0 bridgehead atoms. The number of carbonyl (C=O) groups excluding carboxylic acids is 1. The molecule has 1 amide bonds. The second kappa shape index (κ2) is 6.25. The third kappa shape index (κ3) is 2.43. The zero-order chi connectivity index (χ0) is 20.6.